The SMILES string of the molecule is COCCCOc1cc(C(=O)N(C(C)C)[C@H]2CNCC(COC(=O)NC(C)C)C2)ccc1OC. The summed E-state index contributed by atoms with van der Waals surface area (Å²) in [4.78, 5) is 27.4. The van der Waals surface area contributed by atoms with Crippen LogP contribution in [0.2, 0.25) is 0 Å². The van der Waals surface area contributed by atoms with Gasteiger partial charge < -0.3 is 34.5 Å². The molecule has 1 aliphatic rings. The molecule has 0 spiro atoms. The van der Waals surface area contributed by atoms with Gasteiger partial charge in [0.2, 0.25) is 0 Å². The Morgan fingerprint density at radius 3 is 2.53 bits per heavy atom. The maximum atomic E-state index is 13.6. The third-order valence-corrected chi connectivity index (χ3v) is 5.62. The van der Waals surface area contributed by atoms with E-state index in [1.807, 2.05) is 32.6 Å². The van der Waals surface area contributed by atoms with Gasteiger partial charge in [0, 0.05) is 62.8 Å². The molecule has 1 saturated heterocycles. The van der Waals surface area contributed by atoms with E-state index in [4.69, 9.17) is 18.9 Å². The molecule has 1 heterocycles. The van der Waals surface area contributed by atoms with Gasteiger partial charge in [-0.3, -0.25) is 4.79 Å². The molecule has 0 aromatic heterocycles. The summed E-state index contributed by atoms with van der Waals surface area (Å²) in [6, 6.07) is 5.28. The fraction of sp³-hybridized carbons (Fsp3) is 0.680. The average Bonchev–Trinajstić information content (AvgIpc) is 2.80. The number of carbonyl (C=O) groups is 2. The predicted molar refractivity (Wildman–Crippen MR) is 131 cm³/mol. The first kappa shape index (κ1) is 27.7. The molecule has 0 saturated carbocycles. The Morgan fingerprint density at radius 1 is 1.12 bits per heavy atom. The lowest BCUT2D eigenvalue weighted by molar-refractivity contribution is 0.0476. The number of benzene rings is 1. The first-order valence-corrected chi connectivity index (χ1v) is 12.0. The Kier molecular flexibility index (Phi) is 11.4. The molecule has 0 aliphatic carbocycles. The number of alkyl carbamates (subject to hydrolysis) is 1. The van der Waals surface area contributed by atoms with Gasteiger partial charge in [-0.1, -0.05) is 0 Å². The van der Waals surface area contributed by atoms with E-state index in [-0.39, 0.29) is 30.0 Å². The maximum absolute atomic E-state index is 13.6. The molecule has 2 N–H and O–H groups in total. The number of nitrogens with zero attached hydrogens (tertiary/aromatic N) is 1. The van der Waals surface area contributed by atoms with Gasteiger partial charge in [-0.2, -0.15) is 0 Å². The summed E-state index contributed by atoms with van der Waals surface area (Å²) in [5, 5.41) is 6.13. The second kappa shape index (κ2) is 14.0. The molecule has 0 bridgehead atoms. The lowest BCUT2D eigenvalue weighted by Crippen LogP contribution is -2.54. The number of hydrogen-bond donors (Lipinski definition) is 2. The normalized spacial score (nSPS) is 18.0. The highest BCUT2D eigenvalue weighted by molar-refractivity contribution is 5.95. The van der Waals surface area contributed by atoms with Gasteiger partial charge in [-0.25, -0.2) is 4.79 Å². The van der Waals surface area contributed by atoms with Crippen LogP contribution in [0.1, 0.15) is 50.9 Å². The van der Waals surface area contributed by atoms with Crippen molar-refractivity contribution in [3.05, 3.63) is 23.8 Å². The first-order valence-electron chi connectivity index (χ1n) is 12.0. The predicted octanol–water partition coefficient (Wildman–Crippen LogP) is 3.07. The maximum Gasteiger partial charge on any atom is 0.407 e. The highest BCUT2D eigenvalue weighted by Crippen LogP contribution is 2.30. The molecule has 34 heavy (non-hydrogen) atoms. The average molecular weight is 480 g/mol. The van der Waals surface area contributed by atoms with Crippen LogP contribution in [0, 0.1) is 5.92 Å². The highest BCUT2D eigenvalue weighted by Gasteiger charge is 2.32. The molecule has 1 aliphatic heterocycles. The van der Waals surface area contributed by atoms with E-state index in [0.717, 1.165) is 19.4 Å². The number of carbonyl (C=O) groups excluding carboxylic acids is 2. The number of rotatable bonds is 12. The summed E-state index contributed by atoms with van der Waals surface area (Å²) < 4.78 is 21.7. The topological polar surface area (TPSA) is 98.4 Å². The molecule has 1 fully saturated rings. The molecule has 2 amide bonds. The summed E-state index contributed by atoms with van der Waals surface area (Å²) in [6.07, 6.45) is 1.08. The monoisotopic (exact) mass is 479 g/mol. The van der Waals surface area contributed by atoms with Crippen LogP contribution < -0.4 is 20.1 Å². The van der Waals surface area contributed by atoms with E-state index in [1.54, 1.807) is 32.4 Å². The molecule has 0 radical (unpaired) electrons. The number of amides is 2. The van der Waals surface area contributed by atoms with Crippen LogP contribution in [0.15, 0.2) is 18.2 Å². The van der Waals surface area contributed by atoms with Crippen LogP contribution in [0.5, 0.6) is 11.5 Å². The summed E-state index contributed by atoms with van der Waals surface area (Å²) in [5.41, 5.74) is 0.547. The zero-order valence-electron chi connectivity index (χ0n) is 21.4. The van der Waals surface area contributed by atoms with Gasteiger partial charge in [-0.15, -0.1) is 0 Å². The zero-order chi connectivity index (χ0) is 25.1. The molecule has 2 rings (SSSR count). The van der Waals surface area contributed by atoms with E-state index >= 15 is 0 Å². The van der Waals surface area contributed by atoms with Crippen molar-refractivity contribution in [2.75, 3.05) is 47.1 Å². The second-order valence-electron chi connectivity index (χ2n) is 9.18. The van der Waals surface area contributed by atoms with E-state index in [2.05, 4.69) is 10.6 Å². The number of nitrogens with one attached hydrogen (secondary N) is 2. The first-order chi connectivity index (χ1) is 16.3. The fourth-order valence-corrected chi connectivity index (χ4v) is 4.09. The largest absolute Gasteiger partial charge is 0.493 e. The van der Waals surface area contributed by atoms with Crippen molar-refractivity contribution in [1.82, 2.24) is 15.5 Å². The molecule has 192 valence electrons. The minimum atomic E-state index is -0.412. The van der Waals surface area contributed by atoms with Gasteiger partial charge in [-0.05, 0) is 52.3 Å². The van der Waals surface area contributed by atoms with Gasteiger partial charge in [0.05, 0.1) is 20.3 Å². The quantitative estimate of drug-likeness (QED) is 0.445. The summed E-state index contributed by atoms with van der Waals surface area (Å²) in [6.45, 7) is 10.6. The van der Waals surface area contributed by atoms with Crippen molar-refractivity contribution in [2.24, 2.45) is 5.92 Å². The molecule has 1 aromatic carbocycles. The van der Waals surface area contributed by atoms with Gasteiger partial charge in [0.25, 0.3) is 5.91 Å². The molecular formula is C25H41N3O6. The number of piperidine rings is 1. The number of methoxy groups -OCH3 is 2. The molecule has 9 nitrogen and oxygen atoms in total. The highest BCUT2D eigenvalue weighted by atomic mass is 16.5. The molecule has 1 unspecified atom stereocenters. The zero-order valence-corrected chi connectivity index (χ0v) is 21.4. The van der Waals surface area contributed by atoms with Crippen LogP contribution >= 0.6 is 0 Å². The molecular weight excluding hydrogens is 438 g/mol. The molecule has 2 atom stereocenters. The van der Waals surface area contributed by atoms with Crippen molar-refractivity contribution in [1.29, 1.82) is 0 Å². The molecule has 1 aromatic rings. The van der Waals surface area contributed by atoms with Gasteiger partial charge in [0.15, 0.2) is 11.5 Å². The lowest BCUT2D eigenvalue weighted by atomic mass is 9.94. The third-order valence-electron chi connectivity index (χ3n) is 5.62. The smallest absolute Gasteiger partial charge is 0.407 e. The number of hydrogen-bond acceptors (Lipinski definition) is 7. The Balaban J connectivity index is 2.10. The Hall–Kier alpha value is -2.52. The van der Waals surface area contributed by atoms with Gasteiger partial charge >= 0.3 is 6.09 Å². The van der Waals surface area contributed by atoms with Crippen LogP contribution in [0.25, 0.3) is 0 Å². The molecule has 9 heteroatoms. The standard InChI is InChI=1S/C25H41N3O6/c1-17(2)27-25(30)34-16-19-12-21(15-26-14-19)28(18(3)4)24(29)20-8-9-22(32-6)23(13-20)33-11-7-10-31-5/h8-9,13,17-19,21,26H,7,10-12,14-16H2,1-6H3,(H,27,30)/t19?,21-/m1/s1. The summed E-state index contributed by atoms with van der Waals surface area (Å²) >= 11 is 0. The van der Waals surface area contributed by atoms with Gasteiger partial charge in [0.1, 0.15) is 0 Å². The van der Waals surface area contributed by atoms with Crippen LogP contribution in [0.4, 0.5) is 4.79 Å². The van der Waals surface area contributed by atoms with Crippen molar-refractivity contribution in [2.45, 2.75) is 58.7 Å². The Labute approximate surface area is 203 Å². The fourth-order valence-electron chi connectivity index (χ4n) is 4.09. The van der Waals surface area contributed by atoms with E-state index in [9.17, 15) is 9.59 Å². The van der Waals surface area contributed by atoms with Crippen LogP contribution in [-0.2, 0) is 9.47 Å². The lowest BCUT2D eigenvalue weighted by Gasteiger charge is -2.40. The third kappa shape index (κ3) is 8.36. The van der Waals surface area contributed by atoms with Crippen molar-refractivity contribution < 1.29 is 28.5 Å². The number of ether oxygens (including phenoxy) is 4. The van der Waals surface area contributed by atoms with Crippen molar-refractivity contribution in [3.8, 4) is 11.5 Å². The van der Waals surface area contributed by atoms with Crippen LogP contribution in [0.3, 0.4) is 0 Å². The van der Waals surface area contributed by atoms with Crippen molar-refractivity contribution >= 4 is 12.0 Å². The minimum absolute atomic E-state index is 0.00335. The van der Waals surface area contributed by atoms with E-state index in [0.29, 0.717) is 43.4 Å². The Morgan fingerprint density at radius 2 is 1.88 bits per heavy atom. The Bertz CT molecular complexity index is 786. The van der Waals surface area contributed by atoms with Crippen LogP contribution in [-0.4, -0.2) is 82.2 Å². The summed E-state index contributed by atoms with van der Waals surface area (Å²) in [5.74, 6) is 1.19. The second-order valence-corrected chi connectivity index (χ2v) is 9.18. The van der Waals surface area contributed by atoms with E-state index < -0.39 is 6.09 Å². The summed E-state index contributed by atoms with van der Waals surface area (Å²) in [7, 11) is 3.23. The van der Waals surface area contributed by atoms with Crippen molar-refractivity contribution in [3.63, 3.8) is 0 Å². The van der Waals surface area contributed by atoms with E-state index in [1.165, 1.54) is 0 Å². The minimum Gasteiger partial charge on any atom is -0.493 e.